The van der Waals surface area contributed by atoms with Crippen LogP contribution in [0.25, 0.3) is 21.7 Å². The fraction of sp³-hybridized carbons (Fsp3) is 0.278. The smallest absolute Gasteiger partial charge is 0.413 e. The van der Waals surface area contributed by atoms with Crippen LogP contribution in [0.2, 0.25) is 5.02 Å². The minimum Gasteiger partial charge on any atom is -1.00 e. The van der Waals surface area contributed by atoms with E-state index in [-0.39, 0.29) is 4.70 Å². The highest BCUT2D eigenvalue weighted by Crippen LogP contribution is 2.28. The van der Waals surface area contributed by atoms with E-state index in [0.717, 1.165) is 21.7 Å². The normalized spacial score (nSPS) is 11.2. The fourth-order valence-corrected chi connectivity index (χ4v) is 2.79. The molecule has 0 saturated carbocycles. The molecule has 0 aliphatic heterocycles. The van der Waals surface area contributed by atoms with E-state index >= 15 is 0 Å². The number of aromatic nitrogens is 2. The van der Waals surface area contributed by atoms with Crippen LogP contribution in [-0.2, 0) is 11.8 Å². The maximum atomic E-state index is 12.1. The Kier molecular flexibility index (Phi) is 5.13. The molecule has 0 saturated heterocycles. The molecule has 1 N–H and O–H groups in total. The van der Waals surface area contributed by atoms with Crippen molar-refractivity contribution in [2.45, 2.75) is 26.4 Å². The van der Waals surface area contributed by atoms with E-state index in [1.54, 1.807) is 6.20 Å². The molecule has 0 fully saturated rings. The molecule has 0 aliphatic carbocycles. The average Bonchev–Trinajstić information content (AvgIpc) is 2.46. The van der Waals surface area contributed by atoms with Crippen LogP contribution in [0, 0.1) is 0 Å². The predicted molar refractivity (Wildman–Crippen MR) is 95.3 cm³/mol. The second kappa shape index (κ2) is 6.80. The summed E-state index contributed by atoms with van der Waals surface area (Å²) in [6.07, 6.45) is 3.07. The number of hydrogen-bond acceptors (Lipinski definition) is 3. The van der Waals surface area contributed by atoms with Crippen LogP contribution in [0.4, 0.5) is 10.6 Å². The quantitative estimate of drug-likeness (QED) is 0.522. The van der Waals surface area contributed by atoms with Gasteiger partial charge in [0, 0.05) is 22.7 Å². The van der Waals surface area contributed by atoms with Gasteiger partial charge in [-0.2, -0.15) is 0 Å². The van der Waals surface area contributed by atoms with E-state index < -0.39 is 11.7 Å². The zero-order valence-electron chi connectivity index (χ0n) is 14.4. The van der Waals surface area contributed by atoms with Crippen molar-refractivity contribution in [1.29, 1.82) is 0 Å². The van der Waals surface area contributed by atoms with Crippen LogP contribution in [0.3, 0.4) is 0 Å². The largest absolute Gasteiger partial charge is 1.00 e. The summed E-state index contributed by atoms with van der Waals surface area (Å²) in [7, 11) is 1.93. The second-order valence-corrected chi connectivity index (χ2v) is 7.09. The van der Waals surface area contributed by atoms with Crippen LogP contribution in [-0.4, -0.2) is 16.7 Å². The molecule has 2 aromatic heterocycles. The van der Waals surface area contributed by atoms with Crippen molar-refractivity contribution in [2.75, 3.05) is 5.32 Å². The van der Waals surface area contributed by atoms with Gasteiger partial charge in [0.25, 0.3) is 0 Å². The number of nitrogens with zero attached hydrogens (tertiary/aromatic N) is 2. The van der Waals surface area contributed by atoms with Crippen molar-refractivity contribution in [1.82, 2.24) is 4.98 Å². The van der Waals surface area contributed by atoms with Crippen LogP contribution in [0.15, 0.2) is 36.7 Å². The van der Waals surface area contributed by atoms with E-state index in [0.29, 0.717) is 10.8 Å². The third kappa shape index (κ3) is 3.96. The van der Waals surface area contributed by atoms with Crippen LogP contribution in [0.1, 0.15) is 20.8 Å². The molecule has 1 aromatic carbocycles. The van der Waals surface area contributed by atoms with E-state index in [1.807, 2.05) is 62.8 Å². The lowest BCUT2D eigenvalue weighted by Crippen LogP contribution is -3.00. The predicted octanol–water partition coefficient (Wildman–Crippen LogP) is 1.22. The Morgan fingerprint density at radius 1 is 1.20 bits per heavy atom. The first-order chi connectivity index (χ1) is 11.2. The minimum atomic E-state index is -0.567. The summed E-state index contributed by atoms with van der Waals surface area (Å²) in [6.45, 7) is 5.46. The number of carbonyl (C=O) groups excluding carboxylic acids is 1. The molecule has 0 unspecified atom stereocenters. The Balaban J connectivity index is 0.00000225. The number of ether oxygens (including phenoxy) is 1. The molecule has 7 heteroatoms. The van der Waals surface area contributed by atoms with Crippen molar-refractivity contribution in [3.63, 3.8) is 0 Å². The van der Waals surface area contributed by atoms with Gasteiger partial charge in [0.1, 0.15) is 18.5 Å². The highest BCUT2D eigenvalue weighted by molar-refractivity contribution is 6.31. The zero-order chi connectivity index (χ0) is 17.5. The van der Waals surface area contributed by atoms with Crippen LogP contribution in [0.5, 0.6) is 0 Å². The molecule has 1 amide bonds. The summed E-state index contributed by atoms with van der Waals surface area (Å²) >= 11 is 6.10. The lowest BCUT2D eigenvalue weighted by Gasteiger charge is -2.19. The maximum absolute atomic E-state index is 12.1. The van der Waals surface area contributed by atoms with E-state index in [9.17, 15) is 4.79 Å². The molecule has 3 rings (SSSR count). The van der Waals surface area contributed by atoms with Crippen molar-refractivity contribution in [3.8, 4) is 0 Å². The molecule has 0 bridgehead atoms. The van der Waals surface area contributed by atoms with Crippen LogP contribution >= 0.6 is 11.6 Å². The van der Waals surface area contributed by atoms with Crippen molar-refractivity contribution < 1.29 is 18.8 Å². The Bertz CT molecular complexity index is 954. The molecule has 5 nitrogen and oxygen atoms in total. The number of fused-ring (bicyclic) bond motifs is 3. The third-order valence-corrected chi connectivity index (χ3v) is 3.80. The Morgan fingerprint density at radius 3 is 2.60 bits per heavy atom. The molecule has 0 radical (unpaired) electrons. The molecule has 0 spiro atoms. The first kappa shape index (κ1) is 18.9. The van der Waals surface area contributed by atoms with Gasteiger partial charge in [0.2, 0.25) is 5.52 Å². The lowest BCUT2D eigenvalue weighted by molar-refractivity contribution is -0.643. The lowest BCUT2D eigenvalue weighted by atomic mass is 10.1. The van der Waals surface area contributed by atoms with Crippen LogP contribution < -0.4 is 14.6 Å². The molecule has 3 aromatic rings. The number of rotatable bonds is 1. The maximum Gasteiger partial charge on any atom is 0.413 e. The monoisotopic (exact) mass is 363 g/mol. The fourth-order valence-electron chi connectivity index (χ4n) is 2.63. The standard InChI is InChI=1S/C18H18ClN3O2.FH/c1-18(2,3)24-17(23)21-16-14-10-22(4)15-9-11(19)5-6-13(15)12(14)7-8-20-16;/h5-10H,1-4H3;1H. The van der Waals surface area contributed by atoms with Crippen molar-refractivity contribution in [2.24, 2.45) is 7.05 Å². The Hall–Kier alpha value is -2.47. The number of nitrogens with one attached hydrogen (secondary N) is 1. The molecular formula is C18H19ClFN3O2. The number of hydrogen-bond donors (Lipinski definition) is 1. The first-order valence-electron chi connectivity index (χ1n) is 7.61. The van der Waals surface area contributed by atoms with Gasteiger partial charge in [-0.05, 0) is 39.0 Å². The number of amides is 1. The second-order valence-electron chi connectivity index (χ2n) is 6.65. The van der Waals surface area contributed by atoms with Gasteiger partial charge in [-0.15, -0.1) is 0 Å². The van der Waals surface area contributed by atoms with Gasteiger partial charge < -0.3 is 9.44 Å². The zero-order valence-corrected chi connectivity index (χ0v) is 15.2. The topological polar surface area (TPSA) is 55.1 Å². The van der Waals surface area contributed by atoms with Gasteiger partial charge >= 0.3 is 6.09 Å². The number of aryl methyl sites for hydroxylation is 1. The summed E-state index contributed by atoms with van der Waals surface area (Å²) in [5.74, 6) is 0.467. The van der Waals surface area contributed by atoms with Crippen molar-refractivity contribution >= 4 is 45.2 Å². The summed E-state index contributed by atoms with van der Waals surface area (Å²) < 4.78 is 7.27. The molecule has 0 atom stereocenters. The van der Waals surface area contributed by atoms with Crippen molar-refractivity contribution in [3.05, 3.63) is 41.7 Å². The number of pyridine rings is 2. The number of benzene rings is 1. The SMILES string of the molecule is C[n+]1cc2c(NC(=O)OC(C)(C)C)nccc2c2ccc(Cl)cc21.[F-]. The number of halogens is 2. The summed E-state index contributed by atoms with van der Waals surface area (Å²) in [4.78, 5) is 16.4. The van der Waals surface area contributed by atoms with E-state index in [4.69, 9.17) is 16.3 Å². The molecule has 132 valence electrons. The molecule has 25 heavy (non-hydrogen) atoms. The van der Waals surface area contributed by atoms with E-state index in [1.165, 1.54) is 0 Å². The number of carbonyl (C=O) groups is 1. The molecule has 0 aliphatic rings. The third-order valence-electron chi connectivity index (χ3n) is 3.56. The summed E-state index contributed by atoms with van der Waals surface area (Å²) in [6, 6.07) is 7.66. The van der Waals surface area contributed by atoms with Gasteiger partial charge in [-0.1, -0.05) is 11.6 Å². The average molecular weight is 364 g/mol. The highest BCUT2D eigenvalue weighted by atomic mass is 35.5. The first-order valence-corrected chi connectivity index (χ1v) is 7.99. The Morgan fingerprint density at radius 2 is 1.92 bits per heavy atom. The number of anilines is 1. The Labute approximate surface area is 149 Å². The summed E-state index contributed by atoms with van der Waals surface area (Å²) in [5.41, 5.74) is 0.437. The van der Waals surface area contributed by atoms with Gasteiger partial charge in [0.15, 0.2) is 6.20 Å². The van der Waals surface area contributed by atoms with Gasteiger partial charge in [-0.25, -0.2) is 14.3 Å². The van der Waals surface area contributed by atoms with E-state index in [2.05, 4.69) is 10.3 Å². The summed E-state index contributed by atoms with van der Waals surface area (Å²) in [5, 5.41) is 6.27. The highest BCUT2D eigenvalue weighted by Gasteiger charge is 2.19. The molecular weight excluding hydrogens is 345 g/mol. The molecule has 2 heterocycles. The minimum absolute atomic E-state index is 0. The van der Waals surface area contributed by atoms with Gasteiger partial charge in [-0.3, -0.25) is 5.32 Å². The van der Waals surface area contributed by atoms with Gasteiger partial charge in [0.05, 0.1) is 10.8 Å².